The van der Waals surface area contributed by atoms with Gasteiger partial charge in [-0.25, -0.2) is 4.98 Å². The number of hydrogen-bond acceptors (Lipinski definition) is 4. The van der Waals surface area contributed by atoms with Crippen molar-refractivity contribution in [2.45, 2.75) is 70.9 Å². The van der Waals surface area contributed by atoms with E-state index in [2.05, 4.69) is 54.9 Å². The molecule has 0 bridgehead atoms. The molecule has 144 valence electrons. The zero-order chi connectivity index (χ0) is 18.8. The van der Waals surface area contributed by atoms with E-state index in [0.717, 1.165) is 37.5 Å². The molecule has 4 heteroatoms. The minimum atomic E-state index is 0.271. The molecule has 1 saturated carbocycles. The molecule has 0 radical (unpaired) electrons. The molecule has 4 rings (SSSR count). The fraction of sp³-hybridized carbons (Fsp3) is 0.565. The number of anilines is 1. The minimum absolute atomic E-state index is 0.271. The molecule has 2 aromatic rings. The maximum absolute atomic E-state index is 6.11. The fourth-order valence-corrected chi connectivity index (χ4v) is 4.48. The minimum Gasteiger partial charge on any atom is -0.460 e. The van der Waals surface area contributed by atoms with Gasteiger partial charge < -0.3 is 9.64 Å². The second-order valence-electron chi connectivity index (χ2n) is 8.54. The average molecular weight is 366 g/mol. The highest BCUT2D eigenvalue weighted by Gasteiger charge is 2.31. The largest absolute Gasteiger partial charge is 0.460 e. The van der Waals surface area contributed by atoms with Crippen LogP contribution in [0.4, 0.5) is 5.82 Å². The van der Waals surface area contributed by atoms with Crippen LogP contribution in [-0.2, 0) is 0 Å². The molecule has 1 aliphatic carbocycles. The molecular weight excluding hydrogens is 334 g/mol. The maximum Gasteiger partial charge on any atom is 0.318 e. The lowest BCUT2D eigenvalue weighted by Gasteiger charge is -2.27. The third kappa shape index (κ3) is 4.26. The molecule has 0 N–H and O–H groups in total. The quantitative estimate of drug-likeness (QED) is 0.753. The van der Waals surface area contributed by atoms with Crippen molar-refractivity contribution in [3.8, 4) is 6.01 Å². The summed E-state index contributed by atoms with van der Waals surface area (Å²) in [5.74, 6) is 2.37. The van der Waals surface area contributed by atoms with Crippen LogP contribution in [0.15, 0.2) is 36.5 Å². The Balaban J connectivity index is 1.44. The first kappa shape index (κ1) is 18.3. The van der Waals surface area contributed by atoms with E-state index in [1.54, 1.807) is 0 Å². The van der Waals surface area contributed by atoms with Crippen LogP contribution in [0.2, 0.25) is 0 Å². The molecule has 2 fully saturated rings. The molecule has 1 aromatic heterocycles. The van der Waals surface area contributed by atoms with Crippen molar-refractivity contribution in [2.24, 2.45) is 5.92 Å². The number of ether oxygens (including phenoxy) is 1. The first-order chi connectivity index (χ1) is 13.1. The molecule has 2 atom stereocenters. The van der Waals surface area contributed by atoms with Crippen LogP contribution in [0.5, 0.6) is 6.01 Å². The van der Waals surface area contributed by atoms with Crippen LogP contribution in [0.25, 0.3) is 0 Å². The Morgan fingerprint density at radius 2 is 1.74 bits per heavy atom. The third-order valence-corrected chi connectivity index (χ3v) is 6.27. The van der Waals surface area contributed by atoms with E-state index < -0.39 is 0 Å². The molecule has 1 aromatic carbocycles. The molecule has 1 aliphatic heterocycles. The third-order valence-electron chi connectivity index (χ3n) is 6.27. The molecule has 2 unspecified atom stereocenters. The molecule has 2 heterocycles. The highest BCUT2D eigenvalue weighted by atomic mass is 16.5. The molecule has 2 aliphatic rings. The summed E-state index contributed by atoms with van der Waals surface area (Å²) in [5, 5.41) is 0. The van der Waals surface area contributed by atoms with E-state index >= 15 is 0 Å². The Morgan fingerprint density at radius 1 is 1.00 bits per heavy atom. The van der Waals surface area contributed by atoms with Gasteiger partial charge in [0.15, 0.2) is 0 Å². The Hall–Kier alpha value is -2.10. The van der Waals surface area contributed by atoms with Gasteiger partial charge in [0.05, 0.1) is 0 Å². The Morgan fingerprint density at radius 3 is 2.48 bits per heavy atom. The lowest BCUT2D eigenvalue weighted by Crippen LogP contribution is -2.28. The average Bonchev–Trinajstić information content (AvgIpc) is 3.06. The van der Waals surface area contributed by atoms with Gasteiger partial charge in [0.2, 0.25) is 0 Å². The van der Waals surface area contributed by atoms with Gasteiger partial charge in [-0.15, -0.1) is 0 Å². The molecule has 4 nitrogen and oxygen atoms in total. The highest BCUT2D eigenvalue weighted by Crippen LogP contribution is 2.35. The highest BCUT2D eigenvalue weighted by molar-refractivity contribution is 5.43. The van der Waals surface area contributed by atoms with Gasteiger partial charge in [0.1, 0.15) is 11.9 Å². The number of aromatic nitrogens is 2. The number of benzene rings is 1. The lowest BCUT2D eigenvalue weighted by molar-refractivity contribution is 0.124. The van der Waals surface area contributed by atoms with E-state index in [1.165, 1.54) is 24.0 Å². The van der Waals surface area contributed by atoms with E-state index in [0.29, 0.717) is 18.0 Å². The predicted molar refractivity (Wildman–Crippen MR) is 109 cm³/mol. The number of nitrogens with zero attached hydrogens (tertiary/aromatic N) is 3. The molecule has 1 saturated heterocycles. The van der Waals surface area contributed by atoms with Crippen molar-refractivity contribution in [2.75, 3.05) is 11.4 Å². The summed E-state index contributed by atoms with van der Waals surface area (Å²) in [7, 11) is 0. The van der Waals surface area contributed by atoms with Gasteiger partial charge in [-0.2, -0.15) is 4.98 Å². The summed E-state index contributed by atoms with van der Waals surface area (Å²) in [6.07, 6.45) is 7.98. The van der Waals surface area contributed by atoms with Gasteiger partial charge in [-0.05, 0) is 63.5 Å². The van der Waals surface area contributed by atoms with Gasteiger partial charge in [0, 0.05) is 24.7 Å². The number of hydrogen-bond donors (Lipinski definition) is 0. The van der Waals surface area contributed by atoms with Gasteiger partial charge >= 0.3 is 6.01 Å². The van der Waals surface area contributed by atoms with Crippen molar-refractivity contribution in [1.82, 2.24) is 9.97 Å². The monoisotopic (exact) mass is 365 g/mol. The summed E-state index contributed by atoms with van der Waals surface area (Å²) < 4.78 is 6.11. The molecule has 0 spiro atoms. The Labute approximate surface area is 163 Å². The molecule has 27 heavy (non-hydrogen) atoms. The van der Waals surface area contributed by atoms with Crippen LogP contribution in [0, 0.1) is 12.8 Å². The standard InChI is InChI=1S/C23H31N3O/c1-16-4-8-19(9-5-16)20-14-18(3)26(15-20)22-12-13-24-23(25-22)27-21-10-6-17(2)7-11-21/h4-5,8-9,12-13,17-18,20-21H,6-7,10-11,14-15H2,1-3H3. The maximum atomic E-state index is 6.11. The van der Waals surface area contributed by atoms with E-state index in [-0.39, 0.29) is 6.10 Å². The fourth-order valence-electron chi connectivity index (χ4n) is 4.48. The second-order valence-corrected chi connectivity index (χ2v) is 8.54. The Kier molecular flexibility index (Phi) is 5.33. The van der Waals surface area contributed by atoms with Crippen molar-refractivity contribution in [1.29, 1.82) is 0 Å². The summed E-state index contributed by atoms with van der Waals surface area (Å²) in [4.78, 5) is 11.5. The second kappa shape index (κ2) is 7.87. The smallest absolute Gasteiger partial charge is 0.318 e. The van der Waals surface area contributed by atoms with E-state index in [9.17, 15) is 0 Å². The van der Waals surface area contributed by atoms with E-state index in [4.69, 9.17) is 9.72 Å². The summed E-state index contributed by atoms with van der Waals surface area (Å²) in [6.45, 7) is 7.76. The zero-order valence-electron chi connectivity index (χ0n) is 16.8. The first-order valence-corrected chi connectivity index (χ1v) is 10.4. The van der Waals surface area contributed by atoms with Crippen molar-refractivity contribution < 1.29 is 4.74 Å². The SMILES string of the molecule is Cc1ccc(C2CC(C)N(c3ccnc(OC4CCC(C)CC4)n3)C2)cc1. The topological polar surface area (TPSA) is 38.2 Å². The van der Waals surface area contributed by atoms with Crippen LogP contribution in [-0.4, -0.2) is 28.7 Å². The number of rotatable bonds is 4. The zero-order valence-corrected chi connectivity index (χ0v) is 16.8. The number of aryl methyl sites for hydroxylation is 1. The van der Waals surface area contributed by atoms with E-state index in [1.807, 2.05) is 12.3 Å². The Bertz CT molecular complexity index is 752. The normalized spacial score (nSPS) is 28.3. The molecule has 0 amide bonds. The van der Waals surface area contributed by atoms with Crippen LogP contribution in [0.3, 0.4) is 0 Å². The van der Waals surface area contributed by atoms with Gasteiger partial charge in [0.25, 0.3) is 0 Å². The van der Waals surface area contributed by atoms with Gasteiger partial charge in [-0.1, -0.05) is 36.8 Å². The van der Waals surface area contributed by atoms with Crippen molar-refractivity contribution >= 4 is 5.82 Å². The lowest BCUT2D eigenvalue weighted by atomic mass is 9.89. The van der Waals surface area contributed by atoms with Crippen molar-refractivity contribution in [3.05, 3.63) is 47.7 Å². The van der Waals surface area contributed by atoms with Gasteiger partial charge in [-0.3, -0.25) is 0 Å². The van der Waals surface area contributed by atoms with Crippen LogP contribution < -0.4 is 9.64 Å². The first-order valence-electron chi connectivity index (χ1n) is 10.4. The van der Waals surface area contributed by atoms with Crippen molar-refractivity contribution in [3.63, 3.8) is 0 Å². The predicted octanol–water partition coefficient (Wildman–Crippen LogP) is 5.12. The summed E-state index contributed by atoms with van der Waals surface area (Å²) >= 11 is 0. The molecular formula is C23H31N3O. The van der Waals surface area contributed by atoms with Crippen LogP contribution in [0.1, 0.15) is 63.0 Å². The summed E-state index contributed by atoms with van der Waals surface area (Å²) in [5.41, 5.74) is 2.74. The summed E-state index contributed by atoms with van der Waals surface area (Å²) in [6, 6.07) is 12.0. The van der Waals surface area contributed by atoms with Crippen LogP contribution >= 0.6 is 0 Å².